The molecule has 0 saturated heterocycles. The van der Waals surface area contributed by atoms with E-state index in [1.54, 1.807) is 6.20 Å². The minimum atomic E-state index is -1.50. The van der Waals surface area contributed by atoms with Crippen molar-refractivity contribution in [1.29, 1.82) is 0 Å². The van der Waals surface area contributed by atoms with Gasteiger partial charge in [-0.2, -0.15) is 0 Å². The first kappa shape index (κ1) is 37.2. The first-order valence-corrected chi connectivity index (χ1v) is 16.3. The topological polar surface area (TPSA) is 136 Å². The molecule has 1 aliphatic rings. The molecule has 0 radical (unpaired) electrons. The second kappa shape index (κ2) is 17.0. The van der Waals surface area contributed by atoms with Crippen LogP contribution in [0.4, 0.5) is 0 Å². The van der Waals surface area contributed by atoms with Gasteiger partial charge in [0.1, 0.15) is 0 Å². The van der Waals surface area contributed by atoms with Crippen molar-refractivity contribution >= 4 is 17.3 Å². The van der Waals surface area contributed by atoms with E-state index in [2.05, 4.69) is 4.98 Å². The van der Waals surface area contributed by atoms with Gasteiger partial charge in [-0.1, -0.05) is 126 Å². The Morgan fingerprint density at radius 1 is 0.617 bits per heavy atom. The Bertz CT molecular complexity index is 1510. The average Bonchev–Trinajstić information content (AvgIpc) is 3.34. The van der Waals surface area contributed by atoms with Gasteiger partial charge in [-0.05, 0) is 35.2 Å². The monoisotopic (exact) mass is 635 g/mol. The number of carbonyl (C=O) groups is 3. The van der Waals surface area contributed by atoms with Crippen LogP contribution >= 0.6 is 0 Å². The molecule has 1 heterocycles. The number of rotatable bonds is 10. The predicted molar refractivity (Wildman–Crippen MR) is 188 cm³/mol. The lowest BCUT2D eigenvalue weighted by Gasteiger charge is -2.26. The minimum absolute atomic E-state index is 0.00582. The van der Waals surface area contributed by atoms with E-state index in [0.717, 1.165) is 22.4 Å². The van der Waals surface area contributed by atoms with E-state index < -0.39 is 11.6 Å². The Morgan fingerprint density at radius 2 is 1.06 bits per heavy atom. The molecule has 2 atom stereocenters. The van der Waals surface area contributed by atoms with E-state index in [1.165, 1.54) is 0 Å². The number of benzene rings is 3. The van der Waals surface area contributed by atoms with Gasteiger partial charge in [0.2, 0.25) is 0 Å². The molecule has 1 aromatic heterocycles. The van der Waals surface area contributed by atoms with Crippen molar-refractivity contribution in [2.75, 3.05) is 0 Å². The van der Waals surface area contributed by atoms with Gasteiger partial charge in [-0.15, -0.1) is 0 Å². The van der Waals surface area contributed by atoms with Gasteiger partial charge < -0.3 is 16.6 Å². The molecule has 4 aromatic rings. The highest BCUT2D eigenvalue weighted by atomic mass is 16.3. The van der Waals surface area contributed by atoms with Crippen LogP contribution in [0.1, 0.15) is 63.9 Å². The van der Waals surface area contributed by atoms with Crippen molar-refractivity contribution in [3.8, 4) is 11.1 Å². The van der Waals surface area contributed by atoms with Crippen LogP contribution in [0.5, 0.6) is 0 Å². The summed E-state index contributed by atoms with van der Waals surface area (Å²) in [6.45, 7) is 11.1. The number of fused-ring (bicyclic) bond motifs is 3. The summed E-state index contributed by atoms with van der Waals surface area (Å²) in [4.78, 5) is 39.7. The number of hydrogen-bond acceptors (Lipinski definition) is 7. The molecule has 0 saturated carbocycles. The molecule has 5 N–H and O–H groups in total. The normalized spacial score (nSPS) is 13.8. The quantitative estimate of drug-likeness (QED) is 0.192. The molecule has 0 amide bonds. The van der Waals surface area contributed by atoms with Crippen LogP contribution in [0, 0.1) is 17.8 Å². The van der Waals surface area contributed by atoms with Crippen molar-refractivity contribution in [2.45, 2.75) is 72.1 Å². The fraction of sp³-hybridized carbons (Fsp3) is 0.350. The molecule has 7 heteroatoms. The number of aliphatic hydroxyl groups is 1. The van der Waals surface area contributed by atoms with Gasteiger partial charge in [-0.3, -0.25) is 19.4 Å². The standard InChI is InChI=1S/C17H16O2.C12H17NO.C11H16N2O/c1-11(2)16(18)17(19)14-9-5-3-7-12(14)13-8-4-6-10-15(13)17;1-9(2)12(14)11(13)8-10-6-4-3-5-7-10;1-8(2)11(14)10(12)7-9-5-3-4-6-13-9/h3-11,19H,1-2H3;3-7,9,11H,8,13H2,1-2H3;3-6,8,10H,7,12H2,1-2H3. The van der Waals surface area contributed by atoms with E-state index in [-0.39, 0.29) is 41.1 Å². The highest BCUT2D eigenvalue weighted by Crippen LogP contribution is 2.48. The molecule has 0 fully saturated rings. The molecule has 0 spiro atoms. The summed E-state index contributed by atoms with van der Waals surface area (Å²) in [6.07, 6.45) is 2.87. The third-order valence-corrected chi connectivity index (χ3v) is 8.13. The maximum absolute atomic E-state index is 12.5. The number of ketones is 3. The van der Waals surface area contributed by atoms with Crippen LogP contribution in [-0.4, -0.2) is 39.5 Å². The Labute approximate surface area is 279 Å². The zero-order chi connectivity index (χ0) is 34.7. The lowest BCUT2D eigenvalue weighted by molar-refractivity contribution is -0.137. The molecule has 0 aliphatic heterocycles. The van der Waals surface area contributed by atoms with Gasteiger partial charge in [0.05, 0.1) is 12.1 Å². The van der Waals surface area contributed by atoms with E-state index in [0.29, 0.717) is 24.0 Å². The van der Waals surface area contributed by atoms with E-state index >= 15 is 0 Å². The zero-order valence-electron chi connectivity index (χ0n) is 28.4. The summed E-state index contributed by atoms with van der Waals surface area (Å²) in [5.41, 5.74) is 15.4. The molecule has 0 bridgehead atoms. The van der Waals surface area contributed by atoms with Crippen molar-refractivity contribution < 1.29 is 19.5 Å². The van der Waals surface area contributed by atoms with Gasteiger partial charge in [0.15, 0.2) is 23.0 Å². The van der Waals surface area contributed by atoms with Crippen molar-refractivity contribution in [1.82, 2.24) is 4.98 Å². The number of pyridine rings is 1. The number of Topliss-reactive ketones (excluding diaryl/α,β-unsaturated/α-hetero) is 3. The molecule has 2 unspecified atom stereocenters. The Balaban J connectivity index is 0.000000196. The van der Waals surface area contributed by atoms with Crippen LogP contribution in [0.15, 0.2) is 103 Å². The molecule has 248 valence electrons. The number of nitrogens with zero attached hydrogens (tertiary/aromatic N) is 1. The van der Waals surface area contributed by atoms with Crippen LogP contribution < -0.4 is 11.5 Å². The SMILES string of the molecule is CC(C)C(=O)C(N)Cc1ccccc1.CC(C)C(=O)C(N)Cc1ccccn1.CC(C)C(=O)C1(O)c2ccccc2-c2ccccc21. The number of aromatic nitrogens is 1. The van der Waals surface area contributed by atoms with Crippen molar-refractivity contribution in [3.05, 3.63) is 126 Å². The first-order valence-electron chi connectivity index (χ1n) is 16.3. The Kier molecular flexibility index (Phi) is 13.5. The number of carbonyl (C=O) groups excluding carboxylic acids is 3. The van der Waals surface area contributed by atoms with Gasteiger partial charge >= 0.3 is 0 Å². The van der Waals surface area contributed by atoms with Crippen molar-refractivity contribution in [2.24, 2.45) is 29.2 Å². The third-order valence-electron chi connectivity index (χ3n) is 8.13. The van der Waals surface area contributed by atoms with Crippen LogP contribution in [0.2, 0.25) is 0 Å². The van der Waals surface area contributed by atoms with E-state index in [9.17, 15) is 19.5 Å². The molecule has 3 aromatic carbocycles. The molecular weight excluding hydrogens is 586 g/mol. The first-order chi connectivity index (χ1) is 22.3. The van der Waals surface area contributed by atoms with Gasteiger partial charge in [0.25, 0.3) is 0 Å². The highest BCUT2D eigenvalue weighted by molar-refractivity contribution is 6.00. The van der Waals surface area contributed by atoms with E-state index in [1.807, 2.05) is 139 Å². The summed E-state index contributed by atoms with van der Waals surface area (Å²) < 4.78 is 0. The molecular formula is C40H49N3O4. The van der Waals surface area contributed by atoms with Gasteiger partial charge in [-0.25, -0.2) is 0 Å². The fourth-order valence-electron chi connectivity index (χ4n) is 5.56. The number of nitrogens with two attached hydrogens (primary N) is 2. The second-order valence-electron chi connectivity index (χ2n) is 12.9. The van der Waals surface area contributed by atoms with Crippen LogP contribution in [-0.2, 0) is 32.8 Å². The molecule has 5 rings (SSSR count). The predicted octanol–water partition coefficient (Wildman–Crippen LogP) is 6.09. The molecule has 1 aliphatic carbocycles. The summed E-state index contributed by atoms with van der Waals surface area (Å²) >= 11 is 0. The maximum atomic E-state index is 12.5. The van der Waals surface area contributed by atoms with Gasteiger partial charge in [0, 0.05) is 47.2 Å². The average molecular weight is 636 g/mol. The van der Waals surface area contributed by atoms with Crippen LogP contribution in [0.3, 0.4) is 0 Å². The Morgan fingerprint density at radius 3 is 1.51 bits per heavy atom. The van der Waals surface area contributed by atoms with Crippen molar-refractivity contribution in [3.63, 3.8) is 0 Å². The lowest BCUT2D eigenvalue weighted by atomic mass is 9.82. The summed E-state index contributed by atoms with van der Waals surface area (Å²) in [5, 5.41) is 11.1. The third kappa shape index (κ3) is 9.38. The largest absolute Gasteiger partial charge is 0.373 e. The summed E-state index contributed by atoms with van der Waals surface area (Å²) in [5.74, 6) is -0.124. The Hall–Kier alpha value is -4.30. The summed E-state index contributed by atoms with van der Waals surface area (Å²) in [6, 6.07) is 29.9. The maximum Gasteiger partial charge on any atom is 0.176 e. The summed E-state index contributed by atoms with van der Waals surface area (Å²) in [7, 11) is 0. The zero-order valence-corrected chi connectivity index (χ0v) is 28.4. The molecule has 47 heavy (non-hydrogen) atoms. The highest BCUT2D eigenvalue weighted by Gasteiger charge is 2.47. The van der Waals surface area contributed by atoms with Crippen LogP contribution in [0.25, 0.3) is 11.1 Å². The number of hydrogen-bond donors (Lipinski definition) is 3. The minimum Gasteiger partial charge on any atom is -0.373 e. The smallest absolute Gasteiger partial charge is 0.176 e. The molecule has 7 nitrogen and oxygen atoms in total. The van der Waals surface area contributed by atoms with E-state index in [4.69, 9.17) is 11.5 Å². The fourth-order valence-corrected chi connectivity index (χ4v) is 5.56. The lowest BCUT2D eigenvalue weighted by Crippen LogP contribution is -2.38. The second-order valence-corrected chi connectivity index (χ2v) is 12.9.